The largest absolute Gasteiger partial charge is 0.391 e. The number of nitrogens with one attached hydrogen (secondary N) is 1. The predicted molar refractivity (Wildman–Crippen MR) is 187 cm³/mol. The van der Waals surface area contributed by atoms with Gasteiger partial charge >= 0.3 is 5.69 Å². The van der Waals surface area contributed by atoms with Crippen LogP contribution in [0, 0.1) is 0 Å². The van der Waals surface area contributed by atoms with E-state index in [-0.39, 0.29) is 23.7 Å². The van der Waals surface area contributed by atoms with Gasteiger partial charge in [0.15, 0.2) is 11.2 Å². The molecule has 0 saturated carbocycles. The first-order valence-electron chi connectivity index (χ1n) is 18.0. The van der Waals surface area contributed by atoms with E-state index in [1.165, 1.54) is 66.9 Å². The zero-order chi connectivity index (χ0) is 33.1. The second kappa shape index (κ2) is 20.8. The highest BCUT2D eigenvalue weighted by molar-refractivity contribution is 5.95. The molecule has 0 aliphatic rings. The summed E-state index contributed by atoms with van der Waals surface area (Å²) in [5.74, 6) is -0.0953. The molecule has 0 aliphatic carbocycles. The van der Waals surface area contributed by atoms with Crippen molar-refractivity contribution < 1.29 is 9.90 Å². The minimum atomic E-state index is -0.546. The van der Waals surface area contributed by atoms with Crippen molar-refractivity contribution in [1.82, 2.24) is 24.0 Å². The van der Waals surface area contributed by atoms with Gasteiger partial charge in [0.05, 0.1) is 12.4 Å². The highest BCUT2D eigenvalue weighted by atomic mass is 16.3. The third-order valence-corrected chi connectivity index (χ3v) is 9.18. The number of fused-ring (bicyclic) bond motifs is 1. The molecule has 0 bridgehead atoms. The summed E-state index contributed by atoms with van der Waals surface area (Å²) in [7, 11) is 3.42. The number of aryl methyl sites for hydroxylation is 3. The van der Waals surface area contributed by atoms with E-state index in [0.717, 1.165) is 68.9 Å². The Morgan fingerprint density at radius 3 is 2.09 bits per heavy atom. The predicted octanol–water partition coefficient (Wildman–Crippen LogP) is 6.81. The van der Waals surface area contributed by atoms with E-state index in [2.05, 4.69) is 23.3 Å². The molecule has 2 N–H and O–H groups in total. The highest BCUT2D eigenvalue weighted by Gasteiger charge is 2.15. The van der Waals surface area contributed by atoms with Crippen molar-refractivity contribution in [2.75, 3.05) is 6.54 Å². The smallest absolute Gasteiger partial charge is 0.332 e. The molecule has 1 aromatic carbocycles. The van der Waals surface area contributed by atoms with Crippen LogP contribution in [0.15, 0.2) is 40.2 Å². The summed E-state index contributed by atoms with van der Waals surface area (Å²) in [6, 6.07) is 7.87. The van der Waals surface area contributed by atoms with Crippen molar-refractivity contribution in [1.29, 1.82) is 0 Å². The fraction of sp³-hybridized carbons (Fsp3) is 0.676. The molecule has 3 aromatic rings. The maximum absolute atomic E-state index is 12.9. The Bertz CT molecular complexity index is 1440. The van der Waals surface area contributed by atoms with Crippen LogP contribution in [0.5, 0.6) is 0 Å². The van der Waals surface area contributed by atoms with Gasteiger partial charge in [-0.05, 0) is 37.3 Å². The van der Waals surface area contributed by atoms with Gasteiger partial charge in [-0.2, -0.15) is 0 Å². The van der Waals surface area contributed by atoms with E-state index in [1.807, 2.05) is 18.2 Å². The summed E-state index contributed by atoms with van der Waals surface area (Å²) >= 11 is 0. The summed E-state index contributed by atoms with van der Waals surface area (Å²) in [5.41, 5.74) is 2.10. The van der Waals surface area contributed by atoms with Gasteiger partial charge in [-0.3, -0.25) is 18.7 Å². The quantitative estimate of drug-likeness (QED) is 0.105. The summed E-state index contributed by atoms with van der Waals surface area (Å²) in [6.45, 7) is 2.94. The molecule has 2 heterocycles. The molecular weight excluding hydrogens is 578 g/mol. The van der Waals surface area contributed by atoms with Crippen molar-refractivity contribution in [2.24, 2.45) is 14.1 Å². The molecule has 2 aromatic heterocycles. The Kier molecular flexibility index (Phi) is 16.9. The third-order valence-electron chi connectivity index (χ3n) is 9.18. The number of rotatable bonds is 24. The Balaban J connectivity index is 1.23. The van der Waals surface area contributed by atoms with Gasteiger partial charge in [-0.25, -0.2) is 9.78 Å². The monoisotopic (exact) mass is 637 g/mol. The molecule has 0 aliphatic heterocycles. The number of unbranched alkanes of at least 4 members (excludes halogenated alkanes) is 15. The maximum atomic E-state index is 12.9. The second-order valence-corrected chi connectivity index (χ2v) is 13.0. The first-order chi connectivity index (χ1) is 22.3. The molecule has 256 valence electrons. The van der Waals surface area contributed by atoms with Gasteiger partial charge in [-0.15, -0.1) is 0 Å². The fourth-order valence-electron chi connectivity index (χ4n) is 6.30. The molecule has 0 fully saturated rings. The zero-order valence-electron chi connectivity index (χ0n) is 28.8. The molecule has 46 heavy (non-hydrogen) atoms. The van der Waals surface area contributed by atoms with Crippen molar-refractivity contribution in [3.63, 3.8) is 0 Å². The Hall–Kier alpha value is -3.20. The number of aromatic nitrogens is 4. The van der Waals surface area contributed by atoms with E-state index >= 15 is 0 Å². The number of hydrogen-bond acceptors (Lipinski definition) is 5. The van der Waals surface area contributed by atoms with Crippen molar-refractivity contribution in [3.8, 4) is 0 Å². The molecule has 1 amide bonds. The molecule has 0 radical (unpaired) electrons. The Labute approximate surface area is 275 Å². The van der Waals surface area contributed by atoms with E-state index in [9.17, 15) is 19.5 Å². The summed E-state index contributed by atoms with van der Waals surface area (Å²) in [5, 5.41) is 13.4. The van der Waals surface area contributed by atoms with Crippen LogP contribution >= 0.6 is 0 Å². The molecule has 9 heteroatoms. The summed E-state index contributed by atoms with van der Waals surface area (Å²) < 4.78 is 4.43. The lowest BCUT2D eigenvalue weighted by molar-refractivity contribution is 0.0907. The van der Waals surface area contributed by atoms with Gasteiger partial charge in [-0.1, -0.05) is 121 Å². The zero-order valence-corrected chi connectivity index (χ0v) is 28.8. The number of benzene rings is 1. The van der Waals surface area contributed by atoms with Gasteiger partial charge in [0.2, 0.25) is 0 Å². The molecule has 0 spiro atoms. The van der Waals surface area contributed by atoms with Crippen LogP contribution in [0.1, 0.15) is 138 Å². The first-order valence-corrected chi connectivity index (χ1v) is 18.0. The first kappa shape index (κ1) is 37.3. The Morgan fingerprint density at radius 1 is 0.826 bits per heavy atom. The molecular formula is C37H59N5O4. The molecule has 1 atom stereocenters. The summed E-state index contributed by atoms with van der Waals surface area (Å²) in [6.07, 6.45) is 22.5. The van der Waals surface area contributed by atoms with Gasteiger partial charge in [0.1, 0.15) is 0 Å². The van der Waals surface area contributed by atoms with Crippen molar-refractivity contribution in [3.05, 3.63) is 62.6 Å². The van der Waals surface area contributed by atoms with Crippen LogP contribution in [-0.4, -0.2) is 42.3 Å². The molecule has 0 saturated heterocycles. The van der Waals surface area contributed by atoms with Crippen LogP contribution in [0.4, 0.5) is 0 Å². The van der Waals surface area contributed by atoms with Crippen LogP contribution < -0.4 is 16.6 Å². The maximum Gasteiger partial charge on any atom is 0.332 e. The van der Waals surface area contributed by atoms with Crippen molar-refractivity contribution >= 4 is 17.1 Å². The average Bonchev–Trinajstić information content (AvgIpc) is 3.45. The van der Waals surface area contributed by atoms with E-state index in [4.69, 9.17) is 0 Å². The van der Waals surface area contributed by atoms with E-state index in [1.54, 1.807) is 25.0 Å². The standard InChI is InChI=1S/C37H59N5O4/c1-4-5-6-7-8-9-10-12-15-18-23-30-24-20-21-26-32(30)35(44)38-28-31(43)25-19-16-13-11-14-17-22-27-42-36(45)33-34(39-29-40(33)2)41(3)37(42)46/h20-21,24,26,29,31,43H,4-19,22-23,25,27-28H2,1-3H3,(H,38,44). The number of carbonyl (C=O) groups is 1. The number of hydrogen-bond donors (Lipinski definition) is 2. The lowest BCUT2D eigenvalue weighted by Crippen LogP contribution is -2.39. The van der Waals surface area contributed by atoms with Crippen LogP contribution in [-0.2, 0) is 27.1 Å². The number of carbonyl (C=O) groups excluding carboxylic acids is 1. The van der Waals surface area contributed by atoms with Crippen LogP contribution in [0.2, 0.25) is 0 Å². The van der Waals surface area contributed by atoms with Crippen molar-refractivity contribution in [2.45, 2.75) is 142 Å². The number of amides is 1. The molecule has 3 rings (SSSR count). The molecule has 9 nitrogen and oxygen atoms in total. The number of nitrogens with zero attached hydrogens (tertiary/aromatic N) is 4. The van der Waals surface area contributed by atoms with Gasteiger partial charge in [0, 0.05) is 32.7 Å². The van der Waals surface area contributed by atoms with Gasteiger partial charge in [0.25, 0.3) is 11.5 Å². The second-order valence-electron chi connectivity index (χ2n) is 13.0. The normalized spacial score (nSPS) is 12.2. The minimum Gasteiger partial charge on any atom is -0.391 e. The SMILES string of the molecule is CCCCCCCCCCCCc1ccccc1C(=O)NCC(O)CCCCCCCCCn1c(=O)c2c(ncn2C)n(C)c1=O. The number of aliphatic hydroxyl groups excluding tert-OH is 1. The third kappa shape index (κ3) is 11.9. The fourth-order valence-corrected chi connectivity index (χ4v) is 6.30. The van der Waals surface area contributed by atoms with Crippen LogP contribution in [0.3, 0.4) is 0 Å². The number of aliphatic hydroxyl groups is 1. The topological polar surface area (TPSA) is 111 Å². The molecule has 1 unspecified atom stereocenters. The Morgan fingerprint density at radius 2 is 1.41 bits per heavy atom. The average molecular weight is 638 g/mol. The van der Waals surface area contributed by atoms with Crippen LogP contribution in [0.25, 0.3) is 11.2 Å². The minimum absolute atomic E-state index is 0.0953. The van der Waals surface area contributed by atoms with E-state index < -0.39 is 6.10 Å². The lowest BCUT2D eigenvalue weighted by atomic mass is 9.99. The summed E-state index contributed by atoms with van der Waals surface area (Å²) in [4.78, 5) is 42.5. The number of imidazole rings is 1. The lowest BCUT2D eigenvalue weighted by Gasteiger charge is -2.14. The van der Waals surface area contributed by atoms with Gasteiger partial charge < -0.3 is 15.0 Å². The highest BCUT2D eigenvalue weighted by Crippen LogP contribution is 2.16. The van der Waals surface area contributed by atoms with E-state index in [0.29, 0.717) is 24.1 Å².